The molecule has 0 bridgehead atoms. The van der Waals surface area contributed by atoms with Crippen molar-refractivity contribution in [1.29, 1.82) is 0 Å². The van der Waals surface area contributed by atoms with Gasteiger partial charge in [-0.15, -0.1) is 11.3 Å². The van der Waals surface area contributed by atoms with Gasteiger partial charge in [-0.3, -0.25) is 19.4 Å². The van der Waals surface area contributed by atoms with Crippen LogP contribution in [0.25, 0.3) is 0 Å². The Morgan fingerprint density at radius 2 is 1.61 bits per heavy atom. The number of sulfonamides is 1. The number of hydrogen-bond donors (Lipinski definition) is 6. The zero-order valence-corrected chi connectivity index (χ0v) is 35.4. The van der Waals surface area contributed by atoms with Gasteiger partial charge >= 0.3 is 6.03 Å². The van der Waals surface area contributed by atoms with Gasteiger partial charge in [0, 0.05) is 31.1 Å². The Morgan fingerprint density at radius 3 is 2.24 bits per heavy atom. The van der Waals surface area contributed by atoms with E-state index in [1.165, 1.54) is 37.6 Å². The van der Waals surface area contributed by atoms with Crippen LogP contribution < -0.4 is 36.5 Å². The van der Waals surface area contributed by atoms with Crippen molar-refractivity contribution in [3.8, 4) is 5.75 Å². The molecule has 59 heavy (non-hydrogen) atoms. The minimum Gasteiger partial charge on any atom is -0.496 e. The summed E-state index contributed by atoms with van der Waals surface area (Å²) in [6, 6.07) is 12.3. The number of nitrogens with one attached hydrogen (secondary N) is 5. The number of ketones is 1. The lowest BCUT2D eigenvalue weighted by atomic mass is 9.99. The standard InChI is InChI=1S/C41H51FN8O7S2/c1-24(2)34(49-37(52)32(22-28-11-8-7-9-12-28)48-41(54)46-23-29-14-16-30(42)17-15-29)38(53)47-31(35(51)39-44-19-20-58-39)13-10-18-45-40(43)50-59(55,56)36-25(3)21-33(57-6)26(4)27(36)5/h7-9,11-12,14-17,19-21,24,31-32,34H,10,13,18,22-23H2,1-6H3,(H,47,53)(H,49,52)(H3,43,45,50)(H2,46,48,54)/t31-,32-,34-/m0/s1. The maximum atomic E-state index is 13.9. The predicted octanol–water partition coefficient (Wildman–Crippen LogP) is 4.21. The number of aliphatic imine (C=N–C) groups is 1. The van der Waals surface area contributed by atoms with E-state index in [9.17, 15) is 32.0 Å². The van der Waals surface area contributed by atoms with E-state index in [2.05, 4.69) is 36.0 Å². The minimum absolute atomic E-state index is 0.00584. The molecule has 3 aromatic carbocycles. The number of Topliss-reactive ketones (excluding diaryl/α,β-unsaturated/α-hetero) is 1. The lowest BCUT2D eigenvalue weighted by Gasteiger charge is -2.27. The van der Waals surface area contributed by atoms with Crippen molar-refractivity contribution in [2.45, 2.75) is 83.4 Å². The van der Waals surface area contributed by atoms with E-state index in [1.54, 1.807) is 70.3 Å². The van der Waals surface area contributed by atoms with Crippen molar-refractivity contribution >= 4 is 50.9 Å². The maximum Gasteiger partial charge on any atom is 0.315 e. The molecule has 0 saturated carbocycles. The van der Waals surface area contributed by atoms with Gasteiger partial charge in [0.25, 0.3) is 10.0 Å². The van der Waals surface area contributed by atoms with Gasteiger partial charge in [0.05, 0.1) is 18.0 Å². The Morgan fingerprint density at radius 1 is 0.915 bits per heavy atom. The van der Waals surface area contributed by atoms with Crippen LogP contribution in [0.3, 0.4) is 0 Å². The van der Waals surface area contributed by atoms with Crippen molar-refractivity contribution in [1.82, 2.24) is 31.0 Å². The number of ether oxygens (including phenoxy) is 1. The van der Waals surface area contributed by atoms with Crippen LogP contribution >= 0.6 is 11.3 Å². The van der Waals surface area contributed by atoms with Crippen LogP contribution in [-0.2, 0) is 32.6 Å². The summed E-state index contributed by atoms with van der Waals surface area (Å²) >= 11 is 1.10. The molecule has 4 amide bonds. The van der Waals surface area contributed by atoms with Crippen LogP contribution in [0.2, 0.25) is 0 Å². The fourth-order valence-electron chi connectivity index (χ4n) is 6.23. The summed E-state index contributed by atoms with van der Waals surface area (Å²) in [6.07, 6.45) is 1.86. The molecule has 316 valence electrons. The van der Waals surface area contributed by atoms with E-state index in [4.69, 9.17) is 10.5 Å². The summed E-state index contributed by atoms with van der Waals surface area (Å²) in [4.78, 5) is 62.6. The highest BCUT2D eigenvalue weighted by Gasteiger charge is 2.32. The van der Waals surface area contributed by atoms with Crippen molar-refractivity contribution in [3.63, 3.8) is 0 Å². The Balaban J connectivity index is 1.44. The summed E-state index contributed by atoms with van der Waals surface area (Å²) in [6.45, 7) is 8.62. The molecular weight excluding hydrogens is 800 g/mol. The number of thiazole rings is 1. The van der Waals surface area contributed by atoms with Crippen LogP contribution in [0.15, 0.2) is 82.1 Å². The third-order valence-electron chi connectivity index (χ3n) is 9.43. The van der Waals surface area contributed by atoms with Gasteiger partial charge < -0.3 is 31.7 Å². The summed E-state index contributed by atoms with van der Waals surface area (Å²) in [7, 11) is -2.60. The van der Waals surface area contributed by atoms with Crippen molar-refractivity contribution < 1.29 is 36.7 Å². The molecular formula is C41H51FN8O7S2. The number of halogens is 1. The molecule has 18 heteroatoms. The van der Waals surface area contributed by atoms with Crippen LogP contribution in [-0.4, -0.2) is 74.8 Å². The number of methoxy groups -OCH3 is 1. The Bertz CT molecular complexity index is 2220. The highest BCUT2D eigenvalue weighted by molar-refractivity contribution is 7.90. The normalized spacial score (nSPS) is 13.2. The quantitative estimate of drug-likeness (QED) is 0.0344. The third-order valence-corrected chi connectivity index (χ3v) is 11.9. The first-order chi connectivity index (χ1) is 28.0. The molecule has 7 N–H and O–H groups in total. The molecule has 0 spiro atoms. The topological polar surface area (TPSA) is 223 Å². The van der Waals surface area contributed by atoms with Gasteiger partial charge in [0.2, 0.25) is 23.6 Å². The minimum atomic E-state index is -4.11. The number of aromatic nitrogens is 1. The van der Waals surface area contributed by atoms with Gasteiger partial charge in [0.15, 0.2) is 5.01 Å². The molecule has 0 aliphatic heterocycles. The fraction of sp³-hybridized carbons (Fsp3) is 0.366. The number of urea groups is 1. The number of benzene rings is 3. The van der Waals surface area contributed by atoms with Gasteiger partial charge in [0.1, 0.15) is 23.7 Å². The summed E-state index contributed by atoms with van der Waals surface area (Å²) in [5.74, 6) is -2.38. The van der Waals surface area contributed by atoms with Gasteiger partial charge in [-0.1, -0.05) is 56.3 Å². The molecule has 4 aromatic rings. The Hall–Kier alpha value is -5.88. The van der Waals surface area contributed by atoms with Crippen LogP contribution in [0.1, 0.15) is 64.3 Å². The molecule has 1 heterocycles. The lowest BCUT2D eigenvalue weighted by Crippen LogP contribution is -2.58. The molecule has 0 fully saturated rings. The largest absolute Gasteiger partial charge is 0.496 e. The smallest absolute Gasteiger partial charge is 0.315 e. The number of carbonyl (C=O) groups is 4. The van der Waals surface area contributed by atoms with Crippen LogP contribution in [0, 0.1) is 32.5 Å². The van der Waals surface area contributed by atoms with Crippen molar-refractivity contribution in [2.75, 3.05) is 13.7 Å². The van der Waals surface area contributed by atoms with Crippen molar-refractivity contribution in [3.05, 3.63) is 111 Å². The fourth-order valence-corrected chi connectivity index (χ4v) is 8.34. The predicted molar refractivity (Wildman–Crippen MR) is 224 cm³/mol. The summed E-state index contributed by atoms with van der Waals surface area (Å²) in [5.41, 5.74) is 9.04. The van der Waals surface area contributed by atoms with E-state index in [0.29, 0.717) is 28.0 Å². The number of hydrogen-bond acceptors (Lipinski definition) is 10. The zero-order chi connectivity index (χ0) is 43.3. The summed E-state index contributed by atoms with van der Waals surface area (Å²) < 4.78 is 47.7. The molecule has 1 aromatic heterocycles. The lowest BCUT2D eigenvalue weighted by molar-refractivity contribution is -0.131. The van der Waals surface area contributed by atoms with Crippen LogP contribution in [0.4, 0.5) is 9.18 Å². The monoisotopic (exact) mass is 850 g/mol. The average molecular weight is 851 g/mol. The molecule has 0 aliphatic rings. The second kappa shape index (κ2) is 21.2. The molecule has 0 aliphatic carbocycles. The second-order valence-corrected chi connectivity index (χ2v) is 16.7. The highest BCUT2D eigenvalue weighted by atomic mass is 32.2. The molecule has 15 nitrogen and oxygen atoms in total. The van der Waals surface area contributed by atoms with E-state index in [0.717, 1.165) is 16.9 Å². The maximum absolute atomic E-state index is 13.9. The molecule has 4 rings (SSSR count). The Labute approximate surface area is 347 Å². The number of nitrogens with zero attached hydrogens (tertiary/aromatic N) is 2. The first-order valence-corrected chi connectivity index (χ1v) is 21.2. The van der Waals surface area contributed by atoms with Gasteiger partial charge in [-0.25, -0.2) is 27.3 Å². The SMILES string of the molecule is COc1cc(C)c(S(=O)(=O)NC(N)=NCCC[C@H](NC(=O)[C@@H](NC(=O)[C@H](Cc2ccccc2)NC(=O)NCc2ccc(F)cc2)C(C)C)C(=O)c2nccs2)c(C)c1C. The van der Waals surface area contributed by atoms with Crippen molar-refractivity contribution in [2.24, 2.45) is 16.6 Å². The molecule has 0 radical (unpaired) electrons. The number of aryl methyl sites for hydroxylation is 1. The van der Waals surface area contributed by atoms with E-state index < -0.39 is 63.5 Å². The highest BCUT2D eigenvalue weighted by Crippen LogP contribution is 2.30. The average Bonchev–Trinajstić information content (AvgIpc) is 3.74. The number of rotatable bonds is 19. The van der Waals surface area contributed by atoms with Gasteiger partial charge in [-0.05, 0) is 85.5 Å². The number of amides is 4. The van der Waals surface area contributed by atoms with E-state index in [1.807, 2.05) is 6.07 Å². The number of nitrogens with two attached hydrogens (primary N) is 1. The molecule has 3 atom stereocenters. The first-order valence-electron chi connectivity index (χ1n) is 18.8. The third kappa shape index (κ3) is 13.1. The number of carbonyl (C=O) groups excluding carboxylic acids is 4. The summed E-state index contributed by atoms with van der Waals surface area (Å²) in [5, 5.41) is 12.7. The molecule has 0 unspecified atom stereocenters. The van der Waals surface area contributed by atoms with E-state index >= 15 is 0 Å². The molecule has 0 saturated heterocycles. The second-order valence-electron chi connectivity index (χ2n) is 14.2. The number of guanidine groups is 1. The van der Waals surface area contributed by atoms with Gasteiger partial charge in [-0.2, -0.15) is 0 Å². The van der Waals surface area contributed by atoms with E-state index in [-0.39, 0.29) is 48.2 Å². The first kappa shape index (κ1) is 45.8. The van der Waals surface area contributed by atoms with Crippen LogP contribution in [0.5, 0.6) is 5.75 Å². The zero-order valence-electron chi connectivity index (χ0n) is 33.8. The Kier molecular flexibility index (Phi) is 16.5.